The van der Waals surface area contributed by atoms with Crippen molar-refractivity contribution in [3.8, 4) is 0 Å². The summed E-state index contributed by atoms with van der Waals surface area (Å²) in [4.78, 5) is 19.2. The molecule has 0 aliphatic heterocycles. The van der Waals surface area contributed by atoms with E-state index in [1.54, 1.807) is 0 Å². The summed E-state index contributed by atoms with van der Waals surface area (Å²) in [7, 11) is -3.26. The van der Waals surface area contributed by atoms with Crippen molar-refractivity contribution in [2.24, 2.45) is 0 Å². The Morgan fingerprint density at radius 3 is 2.44 bits per heavy atom. The predicted molar refractivity (Wildman–Crippen MR) is 67.7 cm³/mol. The van der Waals surface area contributed by atoms with Gasteiger partial charge in [-0.05, 0) is 13.8 Å². The van der Waals surface area contributed by atoms with Crippen molar-refractivity contribution >= 4 is 21.6 Å². The van der Waals surface area contributed by atoms with Gasteiger partial charge in [0.25, 0.3) is 5.91 Å². The standard InChI is InChI=1S/C10H16N4O3S/c1-10(2,18(3,16)17)6-14-9(15)7-4-13-8(11)5-12-7/h4-5H,6H2,1-3H3,(H2,11,13)(H,14,15). The molecule has 0 radical (unpaired) electrons. The van der Waals surface area contributed by atoms with E-state index in [0.29, 0.717) is 0 Å². The van der Waals surface area contributed by atoms with Gasteiger partial charge in [0.15, 0.2) is 9.84 Å². The second-order valence-corrected chi connectivity index (χ2v) is 7.19. The number of hydrogen-bond donors (Lipinski definition) is 2. The van der Waals surface area contributed by atoms with Crippen LogP contribution in [-0.2, 0) is 9.84 Å². The van der Waals surface area contributed by atoms with Crippen molar-refractivity contribution in [1.29, 1.82) is 0 Å². The van der Waals surface area contributed by atoms with Crippen molar-refractivity contribution in [3.05, 3.63) is 18.1 Å². The summed E-state index contributed by atoms with van der Waals surface area (Å²) in [5.41, 5.74) is 5.43. The monoisotopic (exact) mass is 272 g/mol. The molecule has 1 rings (SSSR count). The quantitative estimate of drug-likeness (QED) is 0.771. The average molecular weight is 272 g/mol. The zero-order valence-electron chi connectivity index (χ0n) is 10.5. The molecular formula is C10H16N4O3S. The van der Waals surface area contributed by atoms with Crippen molar-refractivity contribution in [3.63, 3.8) is 0 Å². The summed E-state index contributed by atoms with van der Waals surface area (Å²) in [6.45, 7) is 3.07. The molecule has 0 saturated heterocycles. The first-order valence-electron chi connectivity index (χ1n) is 5.19. The molecule has 0 unspecified atom stereocenters. The van der Waals surface area contributed by atoms with Crippen molar-refractivity contribution in [2.45, 2.75) is 18.6 Å². The van der Waals surface area contributed by atoms with Gasteiger partial charge >= 0.3 is 0 Å². The molecular weight excluding hydrogens is 256 g/mol. The maximum Gasteiger partial charge on any atom is 0.271 e. The Kier molecular flexibility index (Phi) is 3.90. The first-order chi connectivity index (χ1) is 8.13. The van der Waals surface area contributed by atoms with Crippen molar-refractivity contribution < 1.29 is 13.2 Å². The van der Waals surface area contributed by atoms with Gasteiger partial charge in [-0.1, -0.05) is 0 Å². The Bertz CT molecular complexity index is 537. The third-order valence-corrected chi connectivity index (χ3v) is 4.73. The first kappa shape index (κ1) is 14.4. The van der Waals surface area contributed by atoms with Gasteiger partial charge in [-0.2, -0.15) is 0 Å². The molecule has 18 heavy (non-hydrogen) atoms. The minimum atomic E-state index is -3.26. The SMILES string of the molecule is CC(C)(CNC(=O)c1cnc(N)cn1)S(C)(=O)=O. The van der Waals surface area contributed by atoms with Crippen molar-refractivity contribution in [2.75, 3.05) is 18.5 Å². The van der Waals surface area contributed by atoms with Gasteiger partial charge in [-0.15, -0.1) is 0 Å². The lowest BCUT2D eigenvalue weighted by molar-refractivity contribution is 0.0945. The Balaban J connectivity index is 2.70. The number of amides is 1. The number of nitrogens with zero attached hydrogens (tertiary/aromatic N) is 2. The van der Waals surface area contributed by atoms with E-state index in [9.17, 15) is 13.2 Å². The molecule has 0 fully saturated rings. The number of nitrogen functional groups attached to an aromatic ring is 1. The Labute approximate surface area is 106 Å². The highest BCUT2D eigenvalue weighted by Gasteiger charge is 2.30. The van der Waals surface area contributed by atoms with Crippen LogP contribution in [0.15, 0.2) is 12.4 Å². The van der Waals surface area contributed by atoms with Gasteiger partial charge in [0.1, 0.15) is 11.5 Å². The van der Waals surface area contributed by atoms with E-state index >= 15 is 0 Å². The maximum atomic E-state index is 11.7. The highest BCUT2D eigenvalue weighted by Crippen LogP contribution is 2.13. The third-order valence-electron chi connectivity index (χ3n) is 2.58. The van der Waals surface area contributed by atoms with Gasteiger partial charge in [0.2, 0.25) is 0 Å². The molecule has 1 heterocycles. The van der Waals surface area contributed by atoms with Crippen LogP contribution in [0.2, 0.25) is 0 Å². The minimum absolute atomic E-state index is 0.00325. The Hall–Kier alpha value is -1.70. The largest absolute Gasteiger partial charge is 0.382 e. The lowest BCUT2D eigenvalue weighted by atomic mass is 10.2. The number of sulfone groups is 1. The highest BCUT2D eigenvalue weighted by molar-refractivity contribution is 7.92. The topological polar surface area (TPSA) is 115 Å². The van der Waals surface area contributed by atoms with Gasteiger partial charge in [0.05, 0.1) is 17.1 Å². The number of aromatic nitrogens is 2. The number of nitrogens with one attached hydrogen (secondary N) is 1. The van der Waals surface area contributed by atoms with Gasteiger partial charge in [-0.3, -0.25) is 4.79 Å². The third kappa shape index (κ3) is 3.39. The summed E-state index contributed by atoms with van der Waals surface area (Å²) in [5.74, 6) is -0.276. The number of hydrogen-bond acceptors (Lipinski definition) is 6. The van der Waals surface area contributed by atoms with Crippen LogP contribution < -0.4 is 11.1 Å². The summed E-state index contributed by atoms with van der Waals surface area (Å²) in [6, 6.07) is 0. The van der Waals surface area contributed by atoms with Gasteiger partial charge < -0.3 is 11.1 Å². The summed E-state index contributed by atoms with van der Waals surface area (Å²) < 4.78 is 21.9. The fourth-order valence-electron chi connectivity index (χ4n) is 0.970. The molecule has 0 aromatic carbocycles. The molecule has 7 nitrogen and oxygen atoms in total. The molecule has 0 saturated carbocycles. The second-order valence-electron chi connectivity index (χ2n) is 4.54. The van der Waals surface area contributed by atoms with E-state index in [2.05, 4.69) is 15.3 Å². The van der Waals surface area contributed by atoms with Crippen LogP contribution in [0.4, 0.5) is 5.82 Å². The van der Waals surface area contributed by atoms with Crippen LogP contribution in [0.25, 0.3) is 0 Å². The fraction of sp³-hybridized carbons (Fsp3) is 0.500. The lowest BCUT2D eigenvalue weighted by Crippen LogP contribution is -2.43. The second kappa shape index (κ2) is 4.89. The molecule has 1 amide bonds. The normalized spacial score (nSPS) is 12.2. The molecule has 8 heteroatoms. The van der Waals surface area contributed by atoms with E-state index in [0.717, 1.165) is 6.26 Å². The summed E-state index contributed by atoms with van der Waals surface area (Å²) in [6.07, 6.45) is 3.62. The van der Waals surface area contributed by atoms with E-state index in [-0.39, 0.29) is 18.1 Å². The zero-order valence-corrected chi connectivity index (χ0v) is 11.3. The molecule has 3 N–H and O–H groups in total. The Morgan fingerprint density at radius 1 is 1.39 bits per heavy atom. The number of carbonyl (C=O) groups excluding carboxylic acids is 1. The van der Waals surface area contributed by atoms with Crippen LogP contribution in [-0.4, -0.2) is 41.8 Å². The van der Waals surface area contributed by atoms with Crippen LogP contribution in [0.3, 0.4) is 0 Å². The van der Waals surface area contributed by atoms with Crippen LogP contribution in [0, 0.1) is 0 Å². The van der Waals surface area contributed by atoms with Crippen LogP contribution in [0.5, 0.6) is 0 Å². The molecule has 100 valence electrons. The molecule has 1 aromatic rings. The van der Waals surface area contributed by atoms with Gasteiger partial charge in [0, 0.05) is 12.8 Å². The maximum absolute atomic E-state index is 11.7. The molecule has 0 aliphatic carbocycles. The molecule has 0 bridgehead atoms. The molecule has 1 aromatic heterocycles. The zero-order chi connectivity index (χ0) is 14.0. The van der Waals surface area contributed by atoms with E-state index in [4.69, 9.17) is 5.73 Å². The summed E-state index contributed by atoms with van der Waals surface area (Å²) >= 11 is 0. The van der Waals surface area contributed by atoms with Crippen LogP contribution >= 0.6 is 0 Å². The van der Waals surface area contributed by atoms with Gasteiger partial charge in [-0.25, -0.2) is 18.4 Å². The molecule has 0 spiro atoms. The molecule has 0 atom stereocenters. The van der Waals surface area contributed by atoms with E-state index in [1.165, 1.54) is 26.2 Å². The number of nitrogens with two attached hydrogens (primary N) is 1. The summed E-state index contributed by atoms with van der Waals surface area (Å²) in [5, 5.41) is 2.50. The van der Waals surface area contributed by atoms with E-state index in [1.807, 2.05) is 0 Å². The Morgan fingerprint density at radius 2 is 2.00 bits per heavy atom. The lowest BCUT2D eigenvalue weighted by Gasteiger charge is -2.22. The number of carbonyl (C=O) groups is 1. The van der Waals surface area contributed by atoms with E-state index < -0.39 is 20.5 Å². The van der Waals surface area contributed by atoms with Crippen LogP contribution in [0.1, 0.15) is 24.3 Å². The highest BCUT2D eigenvalue weighted by atomic mass is 32.2. The fourth-order valence-corrected chi connectivity index (χ4v) is 1.30. The average Bonchev–Trinajstić information content (AvgIpc) is 2.25. The molecule has 0 aliphatic rings. The minimum Gasteiger partial charge on any atom is -0.382 e. The smallest absolute Gasteiger partial charge is 0.271 e. The predicted octanol–water partition coefficient (Wildman–Crippen LogP) is -0.388. The first-order valence-corrected chi connectivity index (χ1v) is 7.08. The number of rotatable bonds is 4. The number of anilines is 1. The van der Waals surface area contributed by atoms with Crippen molar-refractivity contribution in [1.82, 2.24) is 15.3 Å².